The number of aryl methyl sites for hydroxylation is 1. The quantitative estimate of drug-likeness (QED) is 0.733. The number of aromatic nitrogens is 2. The van der Waals surface area contributed by atoms with Crippen molar-refractivity contribution in [3.05, 3.63) is 47.2 Å². The molecule has 4 nitrogen and oxygen atoms in total. The number of methoxy groups -OCH3 is 1. The van der Waals surface area contributed by atoms with Crippen molar-refractivity contribution in [3.8, 4) is 11.4 Å². The molecule has 0 saturated carbocycles. The standard InChI is InChI=1S/C15H14ClN3O/c1-9-18-13-7-10(17)3-6-14(13)19(9)11-4-5-12(16)15(8-11)20-2/h3-8H,17H2,1-2H3. The Morgan fingerprint density at radius 1 is 1.20 bits per heavy atom. The van der Waals surface area contributed by atoms with Gasteiger partial charge in [-0.1, -0.05) is 11.6 Å². The third kappa shape index (κ3) is 1.98. The Balaban J connectivity index is 2.26. The average Bonchev–Trinajstić information content (AvgIpc) is 2.74. The summed E-state index contributed by atoms with van der Waals surface area (Å²) < 4.78 is 7.32. The summed E-state index contributed by atoms with van der Waals surface area (Å²) in [4.78, 5) is 4.54. The molecule has 0 aliphatic carbocycles. The van der Waals surface area contributed by atoms with E-state index >= 15 is 0 Å². The molecule has 1 aromatic heterocycles. The predicted octanol–water partition coefficient (Wildman–Crippen LogP) is 3.58. The molecule has 2 N–H and O–H groups in total. The number of ether oxygens (including phenoxy) is 1. The van der Waals surface area contributed by atoms with Crippen molar-refractivity contribution in [2.45, 2.75) is 6.92 Å². The Labute approximate surface area is 121 Å². The second kappa shape index (κ2) is 4.72. The van der Waals surface area contributed by atoms with E-state index in [9.17, 15) is 0 Å². The van der Waals surface area contributed by atoms with Gasteiger partial charge in [0.25, 0.3) is 0 Å². The molecule has 0 saturated heterocycles. The summed E-state index contributed by atoms with van der Waals surface area (Å²) >= 11 is 6.07. The number of anilines is 1. The van der Waals surface area contributed by atoms with E-state index < -0.39 is 0 Å². The van der Waals surface area contributed by atoms with E-state index in [1.165, 1.54) is 0 Å². The van der Waals surface area contributed by atoms with Gasteiger partial charge in [0.1, 0.15) is 11.6 Å². The lowest BCUT2D eigenvalue weighted by Gasteiger charge is -2.10. The van der Waals surface area contributed by atoms with Crippen molar-refractivity contribution in [2.75, 3.05) is 12.8 Å². The summed E-state index contributed by atoms with van der Waals surface area (Å²) in [6.07, 6.45) is 0. The molecule has 1 heterocycles. The van der Waals surface area contributed by atoms with Crippen LogP contribution < -0.4 is 10.5 Å². The van der Waals surface area contributed by atoms with Gasteiger partial charge in [0.15, 0.2) is 0 Å². The maximum atomic E-state index is 6.07. The monoisotopic (exact) mass is 287 g/mol. The van der Waals surface area contributed by atoms with Gasteiger partial charge >= 0.3 is 0 Å². The highest BCUT2D eigenvalue weighted by molar-refractivity contribution is 6.32. The summed E-state index contributed by atoms with van der Waals surface area (Å²) in [6, 6.07) is 11.4. The minimum Gasteiger partial charge on any atom is -0.495 e. The third-order valence-corrected chi connectivity index (χ3v) is 3.55. The Kier molecular flexibility index (Phi) is 3.03. The van der Waals surface area contributed by atoms with Crippen LogP contribution in [0.15, 0.2) is 36.4 Å². The molecule has 0 fully saturated rings. The van der Waals surface area contributed by atoms with Crippen LogP contribution >= 0.6 is 11.6 Å². The molecule has 3 rings (SSSR count). The number of hydrogen-bond donors (Lipinski definition) is 1. The number of hydrogen-bond acceptors (Lipinski definition) is 3. The number of nitrogen functional groups attached to an aromatic ring is 1. The van der Waals surface area contributed by atoms with Crippen LogP contribution in [0.5, 0.6) is 5.75 Å². The highest BCUT2D eigenvalue weighted by Crippen LogP contribution is 2.29. The van der Waals surface area contributed by atoms with Crippen LogP contribution in [0.4, 0.5) is 5.69 Å². The maximum Gasteiger partial charge on any atom is 0.139 e. The van der Waals surface area contributed by atoms with Crippen LogP contribution in [-0.2, 0) is 0 Å². The van der Waals surface area contributed by atoms with Gasteiger partial charge in [-0.15, -0.1) is 0 Å². The average molecular weight is 288 g/mol. The number of nitrogens with zero attached hydrogens (tertiary/aromatic N) is 2. The molecule has 0 aliphatic rings. The third-order valence-electron chi connectivity index (χ3n) is 3.24. The van der Waals surface area contributed by atoms with Crippen molar-refractivity contribution in [1.82, 2.24) is 9.55 Å². The summed E-state index contributed by atoms with van der Waals surface area (Å²) in [6.45, 7) is 1.96. The van der Waals surface area contributed by atoms with E-state index in [1.54, 1.807) is 7.11 Å². The largest absolute Gasteiger partial charge is 0.495 e. The molecular formula is C15H14ClN3O. The highest BCUT2D eigenvalue weighted by Gasteiger charge is 2.11. The lowest BCUT2D eigenvalue weighted by atomic mass is 10.2. The molecule has 20 heavy (non-hydrogen) atoms. The lowest BCUT2D eigenvalue weighted by Crippen LogP contribution is -1.98. The second-order valence-electron chi connectivity index (χ2n) is 4.56. The minimum atomic E-state index is 0.586. The zero-order chi connectivity index (χ0) is 14.3. The predicted molar refractivity (Wildman–Crippen MR) is 81.8 cm³/mol. The van der Waals surface area contributed by atoms with Gasteiger partial charge in [0.05, 0.1) is 28.9 Å². The first-order valence-electron chi connectivity index (χ1n) is 6.18. The van der Waals surface area contributed by atoms with Gasteiger partial charge < -0.3 is 10.5 Å². The van der Waals surface area contributed by atoms with E-state index in [4.69, 9.17) is 22.1 Å². The molecule has 0 atom stereocenters. The van der Waals surface area contributed by atoms with Crippen molar-refractivity contribution >= 4 is 28.3 Å². The van der Waals surface area contributed by atoms with Crippen LogP contribution in [0, 0.1) is 6.92 Å². The second-order valence-corrected chi connectivity index (χ2v) is 4.97. The zero-order valence-electron chi connectivity index (χ0n) is 11.2. The molecule has 0 amide bonds. The fourth-order valence-corrected chi connectivity index (χ4v) is 2.53. The van der Waals surface area contributed by atoms with Gasteiger partial charge in [-0.3, -0.25) is 4.57 Å². The molecule has 2 aromatic carbocycles. The van der Waals surface area contributed by atoms with Crippen LogP contribution in [-0.4, -0.2) is 16.7 Å². The summed E-state index contributed by atoms with van der Waals surface area (Å²) in [5.41, 5.74) is 9.33. The first-order chi connectivity index (χ1) is 9.60. The Hall–Kier alpha value is -2.20. The van der Waals surface area contributed by atoms with Crippen molar-refractivity contribution in [2.24, 2.45) is 0 Å². The van der Waals surface area contributed by atoms with Gasteiger partial charge in [-0.25, -0.2) is 4.98 Å². The van der Waals surface area contributed by atoms with Crippen LogP contribution in [0.1, 0.15) is 5.82 Å². The first kappa shape index (κ1) is 12.8. The molecule has 0 aliphatic heterocycles. The van der Waals surface area contributed by atoms with Gasteiger partial charge in [0.2, 0.25) is 0 Å². The molecular weight excluding hydrogens is 274 g/mol. The van der Waals surface area contributed by atoms with Crippen molar-refractivity contribution < 1.29 is 4.74 Å². The zero-order valence-corrected chi connectivity index (χ0v) is 12.0. The Morgan fingerprint density at radius 3 is 2.75 bits per heavy atom. The topological polar surface area (TPSA) is 53.1 Å². The SMILES string of the molecule is COc1cc(-n2c(C)nc3cc(N)ccc32)ccc1Cl. The summed E-state index contributed by atoms with van der Waals surface area (Å²) in [7, 11) is 1.60. The molecule has 102 valence electrons. The number of nitrogens with two attached hydrogens (primary N) is 1. The Bertz CT molecular complexity index is 795. The van der Waals surface area contributed by atoms with Crippen LogP contribution in [0.2, 0.25) is 5.02 Å². The van der Waals surface area contributed by atoms with Crippen molar-refractivity contribution in [1.29, 1.82) is 0 Å². The van der Waals surface area contributed by atoms with E-state index in [1.807, 2.05) is 47.9 Å². The van der Waals surface area contributed by atoms with E-state index in [0.717, 1.165) is 22.5 Å². The lowest BCUT2D eigenvalue weighted by molar-refractivity contribution is 0.415. The van der Waals surface area contributed by atoms with Crippen LogP contribution in [0.25, 0.3) is 16.7 Å². The number of benzene rings is 2. The van der Waals surface area contributed by atoms with Gasteiger partial charge in [-0.2, -0.15) is 0 Å². The minimum absolute atomic E-state index is 0.586. The molecule has 5 heteroatoms. The van der Waals surface area contributed by atoms with Gasteiger partial charge in [0, 0.05) is 11.8 Å². The normalized spacial score (nSPS) is 10.9. The van der Waals surface area contributed by atoms with Gasteiger partial charge in [-0.05, 0) is 37.3 Å². The highest BCUT2D eigenvalue weighted by atomic mass is 35.5. The molecule has 3 aromatic rings. The van der Waals surface area contributed by atoms with E-state index in [2.05, 4.69) is 4.98 Å². The molecule has 0 radical (unpaired) electrons. The van der Waals surface area contributed by atoms with Crippen LogP contribution in [0.3, 0.4) is 0 Å². The fraction of sp³-hybridized carbons (Fsp3) is 0.133. The maximum absolute atomic E-state index is 6.07. The summed E-state index contributed by atoms with van der Waals surface area (Å²) in [5.74, 6) is 1.52. The number of rotatable bonds is 2. The van der Waals surface area contributed by atoms with E-state index in [-0.39, 0.29) is 0 Å². The molecule has 0 unspecified atom stereocenters. The first-order valence-corrected chi connectivity index (χ1v) is 6.56. The number of fused-ring (bicyclic) bond motifs is 1. The number of imidazole rings is 1. The fourth-order valence-electron chi connectivity index (χ4n) is 2.33. The molecule has 0 bridgehead atoms. The summed E-state index contributed by atoms with van der Waals surface area (Å²) in [5, 5.41) is 0.586. The van der Waals surface area contributed by atoms with Crippen molar-refractivity contribution in [3.63, 3.8) is 0 Å². The Morgan fingerprint density at radius 2 is 2.00 bits per heavy atom. The van der Waals surface area contributed by atoms with E-state index in [0.29, 0.717) is 16.5 Å². The number of halogens is 1. The smallest absolute Gasteiger partial charge is 0.139 e. The molecule has 0 spiro atoms.